The smallest absolute Gasteiger partial charge is 0.216 e. The van der Waals surface area contributed by atoms with Crippen LogP contribution in [0.2, 0.25) is 5.02 Å². The zero-order chi connectivity index (χ0) is 22.9. The van der Waals surface area contributed by atoms with Gasteiger partial charge in [-0.25, -0.2) is 9.97 Å². The zero-order valence-electron chi connectivity index (χ0n) is 18.4. The van der Waals surface area contributed by atoms with Crippen LogP contribution in [0.1, 0.15) is 26.0 Å². The highest BCUT2D eigenvalue weighted by molar-refractivity contribution is 7.99. The molecule has 5 heterocycles. The molecule has 0 radical (unpaired) electrons. The Morgan fingerprint density at radius 2 is 2.21 bits per heavy atom. The first-order chi connectivity index (χ1) is 16.0. The third-order valence-electron chi connectivity index (χ3n) is 5.84. The summed E-state index contributed by atoms with van der Waals surface area (Å²) < 4.78 is 0. The molecule has 1 unspecified atom stereocenters. The number of pyridine rings is 2. The van der Waals surface area contributed by atoms with Gasteiger partial charge in [0.25, 0.3) is 0 Å². The second kappa shape index (κ2) is 9.15. The van der Waals surface area contributed by atoms with Crippen LogP contribution in [0.25, 0.3) is 22.1 Å². The molecule has 1 fully saturated rings. The number of halogens is 1. The fourth-order valence-electron chi connectivity index (χ4n) is 4.16. The summed E-state index contributed by atoms with van der Waals surface area (Å²) in [6.45, 7) is 5.93. The van der Waals surface area contributed by atoms with Crippen LogP contribution in [0, 0.1) is 5.92 Å². The van der Waals surface area contributed by atoms with E-state index in [1.165, 1.54) is 11.8 Å². The van der Waals surface area contributed by atoms with Crippen LogP contribution in [0.4, 0.5) is 5.82 Å². The summed E-state index contributed by atoms with van der Waals surface area (Å²) in [5.41, 5.74) is 3.38. The Morgan fingerprint density at radius 1 is 1.33 bits per heavy atom. The summed E-state index contributed by atoms with van der Waals surface area (Å²) in [7, 11) is 0. The van der Waals surface area contributed by atoms with Crippen molar-refractivity contribution in [3.8, 4) is 0 Å². The molecule has 0 saturated carbocycles. The van der Waals surface area contributed by atoms with Crippen LogP contribution in [0.15, 0.2) is 40.6 Å². The molecule has 33 heavy (non-hydrogen) atoms. The van der Waals surface area contributed by atoms with E-state index in [-0.39, 0.29) is 5.91 Å². The molecule has 1 saturated heterocycles. The van der Waals surface area contributed by atoms with Crippen LogP contribution >= 0.6 is 23.4 Å². The molecule has 0 spiro atoms. The first kappa shape index (κ1) is 21.9. The van der Waals surface area contributed by atoms with E-state index in [0.717, 1.165) is 64.4 Å². The van der Waals surface area contributed by atoms with Gasteiger partial charge in [-0.2, -0.15) is 0 Å². The molecule has 1 amide bonds. The van der Waals surface area contributed by atoms with Crippen molar-refractivity contribution < 1.29 is 4.79 Å². The number of hydrogen-bond acceptors (Lipinski definition) is 7. The molecular formula is C23H24ClN7OS. The molecule has 1 aliphatic rings. The quantitative estimate of drug-likeness (QED) is 0.397. The number of carbonyl (C=O) groups is 1. The van der Waals surface area contributed by atoms with Gasteiger partial charge >= 0.3 is 0 Å². The minimum atomic E-state index is -0.00341. The van der Waals surface area contributed by atoms with Crippen molar-refractivity contribution >= 4 is 57.2 Å². The van der Waals surface area contributed by atoms with E-state index in [1.54, 1.807) is 13.1 Å². The van der Waals surface area contributed by atoms with Crippen LogP contribution in [-0.2, 0) is 11.2 Å². The van der Waals surface area contributed by atoms with Gasteiger partial charge in [0.2, 0.25) is 5.91 Å². The lowest BCUT2D eigenvalue weighted by Crippen LogP contribution is -2.29. The number of nitrogens with zero attached hydrogens (tertiary/aromatic N) is 5. The van der Waals surface area contributed by atoms with E-state index in [2.05, 4.69) is 32.1 Å². The van der Waals surface area contributed by atoms with Crippen molar-refractivity contribution in [1.82, 2.24) is 30.2 Å². The lowest BCUT2D eigenvalue weighted by Gasteiger charge is -2.19. The SMILES string of the molecule is CCc1[nH]c2nc(Sc3cnc4cccnc4c3)nc(N3CCC(CNC(C)=O)C3)c2c1Cl. The molecule has 0 bridgehead atoms. The molecule has 4 aromatic heterocycles. The molecule has 5 rings (SSSR count). The van der Waals surface area contributed by atoms with Crippen molar-refractivity contribution in [1.29, 1.82) is 0 Å². The summed E-state index contributed by atoms with van der Waals surface area (Å²) >= 11 is 8.19. The second-order valence-electron chi connectivity index (χ2n) is 8.18. The van der Waals surface area contributed by atoms with Crippen LogP contribution in [0.3, 0.4) is 0 Å². The average molecular weight is 482 g/mol. The third kappa shape index (κ3) is 4.47. The predicted molar refractivity (Wildman–Crippen MR) is 131 cm³/mol. The molecule has 0 aromatic carbocycles. The average Bonchev–Trinajstić information content (AvgIpc) is 3.41. The van der Waals surface area contributed by atoms with Crippen LogP contribution < -0.4 is 10.2 Å². The van der Waals surface area contributed by atoms with Gasteiger partial charge in [0.15, 0.2) is 5.16 Å². The first-order valence-electron chi connectivity index (χ1n) is 11.0. The number of fused-ring (bicyclic) bond motifs is 2. The highest BCUT2D eigenvalue weighted by Crippen LogP contribution is 2.38. The Morgan fingerprint density at radius 3 is 3.03 bits per heavy atom. The van der Waals surface area contributed by atoms with E-state index in [9.17, 15) is 4.79 Å². The summed E-state index contributed by atoms with van der Waals surface area (Å²) in [5.74, 6) is 1.20. The summed E-state index contributed by atoms with van der Waals surface area (Å²) in [6, 6.07) is 5.81. The number of aromatic nitrogens is 5. The third-order valence-corrected chi connectivity index (χ3v) is 7.08. The molecular weight excluding hydrogens is 458 g/mol. The summed E-state index contributed by atoms with van der Waals surface area (Å²) in [4.78, 5) is 36.5. The van der Waals surface area contributed by atoms with Crippen LogP contribution in [0.5, 0.6) is 0 Å². The van der Waals surface area contributed by atoms with E-state index < -0.39 is 0 Å². The molecule has 4 aromatic rings. The Hall–Kier alpha value is -2.91. The second-order valence-corrected chi connectivity index (χ2v) is 9.60. The van der Waals surface area contributed by atoms with Crippen molar-refractivity contribution in [2.75, 3.05) is 24.5 Å². The van der Waals surface area contributed by atoms with Gasteiger partial charge in [-0.05, 0) is 48.7 Å². The molecule has 2 N–H and O–H groups in total. The van der Waals surface area contributed by atoms with Gasteiger partial charge in [0.1, 0.15) is 11.5 Å². The number of hydrogen-bond donors (Lipinski definition) is 2. The molecule has 170 valence electrons. The number of nitrogens with one attached hydrogen (secondary N) is 2. The topological polar surface area (TPSA) is 99.7 Å². The molecule has 0 aliphatic carbocycles. The minimum Gasteiger partial charge on any atom is -0.356 e. The largest absolute Gasteiger partial charge is 0.356 e. The van der Waals surface area contributed by atoms with Gasteiger partial charge in [0.05, 0.1) is 21.4 Å². The number of carbonyl (C=O) groups excluding carboxylic acids is 1. The lowest BCUT2D eigenvalue weighted by atomic mass is 10.1. The summed E-state index contributed by atoms with van der Waals surface area (Å²) in [5, 5.41) is 5.10. The normalized spacial score (nSPS) is 16.1. The summed E-state index contributed by atoms with van der Waals surface area (Å²) in [6.07, 6.45) is 5.34. The number of H-pyrrole nitrogens is 1. The molecule has 1 aliphatic heterocycles. The number of amides is 1. The predicted octanol–water partition coefficient (Wildman–Crippen LogP) is 4.23. The highest BCUT2D eigenvalue weighted by Gasteiger charge is 2.28. The van der Waals surface area contributed by atoms with Gasteiger partial charge in [0, 0.05) is 49.5 Å². The number of anilines is 1. The zero-order valence-corrected chi connectivity index (χ0v) is 20.0. The van der Waals surface area contributed by atoms with E-state index in [4.69, 9.17) is 21.6 Å². The van der Waals surface area contributed by atoms with Crippen molar-refractivity contribution in [2.24, 2.45) is 5.92 Å². The fraction of sp³-hybridized carbons (Fsp3) is 0.348. The van der Waals surface area contributed by atoms with Crippen molar-refractivity contribution in [2.45, 2.75) is 36.7 Å². The Balaban J connectivity index is 1.50. The molecule has 8 nitrogen and oxygen atoms in total. The lowest BCUT2D eigenvalue weighted by molar-refractivity contribution is -0.119. The Kier molecular flexibility index (Phi) is 6.07. The number of rotatable bonds is 6. The van der Waals surface area contributed by atoms with E-state index >= 15 is 0 Å². The maximum absolute atomic E-state index is 11.3. The molecule has 1 atom stereocenters. The van der Waals surface area contributed by atoms with E-state index in [0.29, 0.717) is 22.6 Å². The minimum absolute atomic E-state index is 0.00341. The first-order valence-corrected chi connectivity index (χ1v) is 12.2. The van der Waals surface area contributed by atoms with Gasteiger partial charge in [-0.15, -0.1) is 0 Å². The van der Waals surface area contributed by atoms with Gasteiger partial charge in [-0.1, -0.05) is 18.5 Å². The molecule has 10 heteroatoms. The monoisotopic (exact) mass is 481 g/mol. The van der Waals surface area contributed by atoms with Crippen molar-refractivity contribution in [3.63, 3.8) is 0 Å². The maximum Gasteiger partial charge on any atom is 0.216 e. The van der Waals surface area contributed by atoms with E-state index in [1.807, 2.05) is 24.4 Å². The van der Waals surface area contributed by atoms with Gasteiger partial charge in [-0.3, -0.25) is 14.8 Å². The van der Waals surface area contributed by atoms with Gasteiger partial charge < -0.3 is 15.2 Å². The Labute approximate surface area is 200 Å². The maximum atomic E-state index is 11.3. The Bertz CT molecular complexity index is 1340. The van der Waals surface area contributed by atoms with Crippen molar-refractivity contribution in [3.05, 3.63) is 41.3 Å². The van der Waals surface area contributed by atoms with Crippen LogP contribution in [-0.4, -0.2) is 50.5 Å². The standard InChI is InChI=1S/C23H24ClN7OS/c1-3-16-20(24)19-21(28-16)29-23(33-15-9-18-17(27-11-15)5-4-7-25-18)30-22(19)31-8-6-14(12-31)10-26-13(2)32/h4-5,7,9,11,14H,3,6,8,10,12H2,1-2H3,(H,26,32)(H,28,29,30). The number of aryl methyl sites for hydroxylation is 1. The fourth-order valence-corrected chi connectivity index (χ4v) is 5.27. The highest BCUT2D eigenvalue weighted by atomic mass is 35.5. The number of aromatic amines is 1.